The molecule has 100 valence electrons. The van der Waals surface area contributed by atoms with Crippen LogP contribution in [0.25, 0.3) is 11.3 Å². The third-order valence-electron chi connectivity index (χ3n) is 2.60. The second-order valence-electron chi connectivity index (χ2n) is 4.08. The molecule has 0 spiro atoms. The van der Waals surface area contributed by atoms with E-state index >= 15 is 0 Å². The van der Waals surface area contributed by atoms with Gasteiger partial charge in [-0.3, -0.25) is 4.79 Å². The molecule has 1 aromatic heterocycles. The molecular formula is C14H15BrN2O2. The number of carbonyl (C=O) groups excluding carboxylic acids is 1. The zero-order valence-corrected chi connectivity index (χ0v) is 12.2. The number of carbonyl (C=O) groups is 1. The Bertz CT molecular complexity index is 566. The smallest absolute Gasteiger partial charge is 0.220 e. The molecule has 2 rings (SSSR count). The van der Waals surface area contributed by atoms with Crippen molar-refractivity contribution in [2.24, 2.45) is 0 Å². The number of nitrogens with one attached hydrogen (secondary N) is 1. The van der Waals surface area contributed by atoms with E-state index in [0.717, 1.165) is 10.0 Å². The summed E-state index contributed by atoms with van der Waals surface area (Å²) in [5.41, 5.74) is 0.964. The Kier molecular flexibility index (Phi) is 4.74. The lowest BCUT2D eigenvalue weighted by Gasteiger charge is -1.99. The Morgan fingerprint density at radius 3 is 3.05 bits per heavy atom. The highest BCUT2D eigenvalue weighted by Gasteiger charge is 2.08. The SMILES string of the molecule is CCNC(=O)CCc1ncc(-c2cccc(Br)c2)o1. The standard InChI is InChI=1S/C14H15BrN2O2/c1-2-16-13(18)6-7-14-17-9-12(19-14)10-4-3-5-11(15)8-10/h3-5,8-9H,2,6-7H2,1H3,(H,16,18). The lowest BCUT2D eigenvalue weighted by Crippen LogP contribution is -2.22. The molecule has 0 unspecified atom stereocenters. The van der Waals surface area contributed by atoms with Gasteiger partial charge in [-0.05, 0) is 19.1 Å². The highest BCUT2D eigenvalue weighted by molar-refractivity contribution is 9.10. The molecule has 0 aliphatic carbocycles. The first-order valence-corrected chi connectivity index (χ1v) is 6.95. The number of rotatable bonds is 5. The van der Waals surface area contributed by atoms with Gasteiger partial charge in [0.05, 0.1) is 6.20 Å². The Balaban J connectivity index is 2.01. The first-order chi connectivity index (χ1) is 9.19. The van der Waals surface area contributed by atoms with Gasteiger partial charge < -0.3 is 9.73 Å². The maximum Gasteiger partial charge on any atom is 0.220 e. The van der Waals surface area contributed by atoms with E-state index < -0.39 is 0 Å². The van der Waals surface area contributed by atoms with E-state index in [-0.39, 0.29) is 5.91 Å². The number of nitrogens with zero attached hydrogens (tertiary/aromatic N) is 1. The number of hydrogen-bond donors (Lipinski definition) is 1. The summed E-state index contributed by atoms with van der Waals surface area (Å²) in [5, 5.41) is 2.75. The van der Waals surface area contributed by atoms with Crippen molar-refractivity contribution >= 4 is 21.8 Å². The van der Waals surface area contributed by atoms with E-state index in [1.54, 1.807) is 6.20 Å². The van der Waals surface area contributed by atoms with Crippen LogP contribution in [-0.2, 0) is 11.2 Å². The van der Waals surface area contributed by atoms with Crippen LogP contribution in [0.4, 0.5) is 0 Å². The molecule has 0 radical (unpaired) electrons. The molecule has 0 atom stereocenters. The van der Waals surface area contributed by atoms with E-state index in [1.807, 2.05) is 31.2 Å². The summed E-state index contributed by atoms with van der Waals surface area (Å²) in [7, 11) is 0. The lowest BCUT2D eigenvalue weighted by atomic mass is 10.2. The molecule has 1 N–H and O–H groups in total. The molecule has 2 aromatic rings. The first-order valence-electron chi connectivity index (χ1n) is 6.16. The van der Waals surface area contributed by atoms with Crippen molar-refractivity contribution in [1.82, 2.24) is 10.3 Å². The van der Waals surface area contributed by atoms with Gasteiger partial charge in [-0.2, -0.15) is 0 Å². The average molecular weight is 323 g/mol. The molecular weight excluding hydrogens is 308 g/mol. The second-order valence-corrected chi connectivity index (χ2v) is 5.00. The van der Waals surface area contributed by atoms with Gasteiger partial charge in [-0.15, -0.1) is 0 Å². The highest BCUT2D eigenvalue weighted by atomic mass is 79.9. The van der Waals surface area contributed by atoms with Crippen molar-refractivity contribution in [3.8, 4) is 11.3 Å². The van der Waals surface area contributed by atoms with Crippen LogP contribution >= 0.6 is 15.9 Å². The summed E-state index contributed by atoms with van der Waals surface area (Å²) < 4.78 is 6.63. The minimum atomic E-state index is 0.0182. The Hall–Kier alpha value is -1.62. The largest absolute Gasteiger partial charge is 0.441 e. The van der Waals surface area contributed by atoms with E-state index in [9.17, 15) is 4.79 Å². The van der Waals surface area contributed by atoms with Crippen LogP contribution in [-0.4, -0.2) is 17.4 Å². The number of amides is 1. The fraction of sp³-hybridized carbons (Fsp3) is 0.286. The van der Waals surface area contributed by atoms with Crippen molar-refractivity contribution < 1.29 is 9.21 Å². The zero-order valence-electron chi connectivity index (χ0n) is 10.6. The molecule has 1 aromatic carbocycles. The maximum absolute atomic E-state index is 11.4. The zero-order chi connectivity index (χ0) is 13.7. The topological polar surface area (TPSA) is 55.1 Å². The van der Waals surface area contributed by atoms with Crippen LogP contribution in [0.2, 0.25) is 0 Å². The minimum absolute atomic E-state index is 0.0182. The number of halogens is 1. The normalized spacial score (nSPS) is 10.4. The Morgan fingerprint density at radius 2 is 2.32 bits per heavy atom. The summed E-state index contributed by atoms with van der Waals surface area (Å²) >= 11 is 3.42. The minimum Gasteiger partial charge on any atom is -0.441 e. The Labute approximate surface area is 120 Å². The first kappa shape index (κ1) is 13.8. The number of oxazole rings is 1. The monoisotopic (exact) mass is 322 g/mol. The van der Waals surface area contributed by atoms with E-state index in [4.69, 9.17) is 4.42 Å². The predicted octanol–water partition coefficient (Wildman–Crippen LogP) is 3.17. The molecule has 0 bridgehead atoms. The molecule has 19 heavy (non-hydrogen) atoms. The van der Waals surface area contributed by atoms with Crippen LogP contribution in [0, 0.1) is 0 Å². The van der Waals surface area contributed by atoms with Gasteiger partial charge in [0.1, 0.15) is 0 Å². The van der Waals surface area contributed by atoms with Crippen LogP contribution in [0.1, 0.15) is 19.2 Å². The van der Waals surface area contributed by atoms with Gasteiger partial charge in [0.25, 0.3) is 0 Å². The fourth-order valence-electron chi connectivity index (χ4n) is 1.71. The third kappa shape index (κ3) is 3.92. The quantitative estimate of drug-likeness (QED) is 0.919. The molecule has 0 saturated heterocycles. The second kappa shape index (κ2) is 6.52. The van der Waals surface area contributed by atoms with Crippen molar-refractivity contribution in [1.29, 1.82) is 0 Å². The molecule has 0 fully saturated rings. The highest BCUT2D eigenvalue weighted by Crippen LogP contribution is 2.23. The number of benzene rings is 1. The average Bonchev–Trinajstić information content (AvgIpc) is 2.85. The molecule has 5 heteroatoms. The van der Waals surface area contributed by atoms with Crippen LogP contribution < -0.4 is 5.32 Å². The van der Waals surface area contributed by atoms with Gasteiger partial charge >= 0.3 is 0 Å². The fourth-order valence-corrected chi connectivity index (χ4v) is 2.11. The van der Waals surface area contributed by atoms with Gasteiger partial charge in [0.2, 0.25) is 5.91 Å². The maximum atomic E-state index is 11.4. The molecule has 0 saturated carbocycles. The summed E-state index contributed by atoms with van der Waals surface area (Å²) in [6.45, 7) is 2.54. The third-order valence-corrected chi connectivity index (χ3v) is 3.10. The van der Waals surface area contributed by atoms with E-state index in [1.165, 1.54) is 0 Å². The van der Waals surface area contributed by atoms with Crippen molar-refractivity contribution in [3.05, 3.63) is 40.8 Å². The van der Waals surface area contributed by atoms with E-state index in [0.29, 0.717) is 31.0 Å². The van der Waals surface area contributed by atoms with Gasteiger partial charge in [0, 0.05) is 29.4 Å². The molecule has 0 aliphatic rings. The molecule has 4 nitrogen and oxygen atoms in total. The predicted molar refractivity (Wildman–Crippen MR) is 76.6 cm³/mol. The Morgan fingerprint density at radius 1 is 1.47 bits per heavy atom. The number of hydrogen-bond acceptors (Lipinski definition) is 3. The van der Waals surface area contributed by atoms with Crippen LogP contribution in [0.15, 0.2) is 39.4 Å². The summed E-state index contributed by atoms with van der Waals surface area (Å²) in [4.78, 5) is 15.5. The van der Waals surface area contributed by atoms with Crippen molar-refractivity contribution in [2.75, 3.05) is 6.54 Å². The van der Waals surface area contributed by atoms with Gasteiger partial charge in [0.15, 0.2) is 11.7 Å². The van der Waals surface area contributed by atoms with Crippen molar-refractivity contribution in [3.63, 3.8) is 0 Å². The lowest BCUT2D eigenvalue weighted by molar-refractivity contribution is -0.121. The summed E-state index contributed by atoms with van der Waals surface area (Å²) in [5.74, 6) is 1.32. The number of aryl methyl sites for hydroxylation is 1. The summed E-state index contributed by atoms with van der Waals surface area (Å²) in [6.07, 6.45) is 2.60. The van der Waals surface area contributed by atoms with Crippen molar-refractivity contribution in [2.45, 2.75) is 19.8 Å². The molecule has 1 amide bonds. The number of aromatic nitrogens is 1. The molecule has 0 aliphatic heterocycles. The van der Waals surface area contributed by atoms with Gasteiger partial charge in [-0.1, -0.05) is 28.1 Å². The van der Waals surface area contributed by atoms with Crippen LogP contribution in [0.5, 0.6) is 0 Å². The van der Waals surface area contributed by atoms with E-state index in [2.05, 4.69) is 26.2 Å². The van der Waals surface area contributed by atoms with Gasteiger partial charge in [-0.25, -0.2) is 4.98 Å². The molecule has 1 heterocycles. The summed E-state index contributed by atoms with van der Waals surface area (Å²) in [6, 6.07) is 7.82. The van der Waals surface area contributed by atoms with Crippen LogP contribution in [0.3, 0.4) is 0 Å².